The van der Waals surface area contributed by atoms with Gasteiger partial charge in [-0.3, -0.25) is 4.79 Å². The maximum absolute atomic E-state index is 11.5. The van der Waals surface area contributed by atoms with Crippen molar-refractivity contribution in [3.05, 3.63) is 12.2 Å². The van der Waals surface area contributed by atoms with Crippen molar-refractivity contribution >= 4 is 5.78 Å². The lowest BCUT2D eigenvalue weighted by atomic mass is 9.73. The van der Waals surface area contributed by atoms with Crippen LogP contribution in [0.25, 0.3) is 0 Å². The summed E-state index contributed by atoms with van der Waals surface area (Å²) in [5, 5.41) is 0. The van der Waals surface area contributed by atoms with Crippen LogP contribution in [0, 0.1) is 17.8 Å². The Balaban J connectivity index is 1.88. The van der Waals surface area contributed by atoms with Gasteiger partial charge in [-0.15, -0.1) is 0 Å². The molecule has 2 unspecified atom stereocenters. The molecule has 0 aromatic rings. The molecule has 0 heterocycles. The van der Waals surface area contributed by atoms with E-state index in [1.54, 1.807) is 0 Å². The molecule has 0 amide bonds. The quantitative estimate of drug-likeness (QED) is 0.643. The third-order valence-corrected chi connectivity index (χ3v) is 4.22. The summed E-state index contributed by atoms with van der Waals surface area (Å²) in [4.78, 5) is 11.5. The predicted octanol–water partition coefficient (Wildman–Crippen LogP) is 3.74. The van der Waals surface area contributed by atoms with Gasteiger partial charge in [0.1, 0.15) is 5.78 Å². The molecule has 1 fully saturated rings. The molecule has 15 heavy (non-hydrogen) atoms. The molecular formula is C14H22O. The third-order valence-electron chi connectivity index (χ3n) is 4.22. The second-order valence-corrected chi connectivity index (χ2v) is 5.25. The summed E-state index contributed by atoms with van der Waals surface area (Å²) >= 11 is 0. The van der Waals surface area contributed by atoms with E-state index in [0.717, 1.165) is 31.1 Å². The van der Waals surface area contributed by atoms with Crippen molar-refractivity contribution < 1.29 is 4.79 Å². The van der Waals surface area contributed by atoms with Crippen LogP contribution < -0.4 is 0 Å². The van der Waals surface area contributed by atoms with Crippen molar-refractivity contribution in [2.75, 3.05) is 0 Å². The van der Waals surface area contributed by atoms with Crippen LogP contribution >= 0.6 is 0 Å². The van der Waals surface area contributed by atoms with Gasteiger partial charge in [0.05, 0.1) is 0 Å². The van der Waals surface area contributed by atoms with E-state index in [0.29, 0.717) is 11.7 Å². The monoisotopic (exact) mass is 206 g/mol. The number of Topliss-reactive ketones (excluding diaryl/α,β-unsaturated/α-hetero) is 1. The number of carbonyl (C=O) groups is 1. The van der Waals surface area contributed by atoms with Gasteiger partial charge in [-0.05, 0) is 43.4 Å². The van der Waals surface area contributed by atoms with Gasteiger partial charge >= 0.3 is 0 Å². The van der Waals surface area contributed by atoms with Gasteiger partial charge in [0.15, 0.2) is 0 Å². The number of hydrogen-bond donors (Lipinski definition) is 0. The highest BCUT2D eigenvalue weighted by Crippen LogP contribution is 2.37. The molecule has 0 spiro atoms. The van der Waals surface area contributed by atoms with Gasteiger partial charge in [-0.2, -0.15) is 0 Å². The van der Waals surface area contributed by atoms with Crippen molar-refractivity contribution in [2.45, 2.75) is 51.9 Å². The van der Waals surface area contributed by atoms with Crippen LogP contribution in [0.2, 0.25) is 0 Å². The number of carbonyl (C=O) groups excluding carboxylic acids is 1. The summed E-state index contributed by atoms with van der Waals surface area (Å²) in [5.74, 6) is 2.87. The van der Waals surface area contributed by atoms with Crippen molar-refractivity contribution in [3.8, 4) is 0 Å². The molecule has 1 heteroatoms. The average molecular weight is 206 g/mol. The molecule has 2 rings (SSSR count). The van der Waals surface area contributed by atoms with Crippen LogP contribution in [0.15, 0.2) is 12.2 Å². The first-order valence-corrected chi connectivity index (χ1v) is 6.46. The van der Waals surface area contributed by atoms with Crippen LogP contribution in [-0.2, 0) is 4.79 Å². The maximum atomic E-state index is 11.5. The van der Waals surface area contributed by atoms with E-state index >= 15 is 0 Å². The Morgan fingerprint density at radius 3 is 2.67 bits per heavy atom. The summed E-state index contributed by atoms with van der Waals surface area (Å²) < 4.78 is 0. The molecule has 0 radical (unpaired) electrons. The topological polar surface area (TPSA) is 17.1 Å². The molecule has 2 aliphatic rings. The van der Waals surface area contributed by atoms with Crippen LogP contribution in [0.4, 0.5) is 0 Å². The van der Waals surface area contributed by atoms with E-state index in [1.165, 1.54) is 25.7 Å². The number of allylic oxidation sites excluding steroid dienone is 2. The fourth-order valence-electron chi connectivity index (χ4n) is 3.25. The fourth-order valence-corrected chi connectivity index (χ4v) is 3.25. The summed E-state index contributed by atoms with van der Waals surface area (Å²) in [6.45, 7) is 2.28. The number of hydrogen-bond acceptors (Lipinski definition) is 1. The Kier molecular flexibility index (Phi) is 3.61. The molecule has 84 valence electrons. The summed E-state index contributed by atoms with van der Waals surface area (Å²) in [6.07, 6.45) is 12.5. The third kappa shape index (κ3) is 2.70. The van der Waals surface area contributed by atoms with Crippen LogP contribution in [0.5, 0.6) is 0 Å². The lowest BCUT2D eigenvalue weighted by molar-refractivity contribution is -0.123. The highest BCUT2D eigenvalue weighted by atomic mass is 16.1. The Labute approximate surface area is 92.9 Å². The molecule has 2 aliphatic carbocycles. The Morgan fingerprint density at radius 1 is 1.27 bits per heavy atom. The molecule has 0 aliphatic heterocycles. The maximum Gasteiger partial charge on any atom is 0.133 e. The average Bonchev–Trinajstić information content (AvgIpc) is 2.71. The molecule has 0 saturated heterocycles. The standard InChI is InChI=1S/C14H22O/c1-2-12-7-8-14(15)10-13(12)9-11-5-3-4-6-11/h3-4,11-13H,2,5-10H2,1H3. The van der Waals surface area contributed by atoms with E-state index in [-0.39, 0.29) is 0 Å². The Morgan fingerprint density at radius 2 is 2.00 bits per heavy atom. The molecule has 1 saturated carbocycles. The molecule has 1 nitrogen and oxygen atoms in total. The Hall–Kier alpha value is -0.590. The second kappa shape index (κ2) is 4.96. The normalized spacial score (nSPS) is 32.5. The molecular weight excluding hydrogens is 184 g/mol. The minimum absolute atomic E-state index is 0.510. The van der Waals surface area contributed by atoms with Crippen molar-refractivity contribution in [3.63, 3.8) is 0 Å². The fraction of sp³-hybridized carbons (Fsp3) is 0.786. The highest BCUT2D eigenvalue weighted by Gasteiger charge is 2.29. The molecule has 0 aromatic carbocycles. The van der Waals surface area contributed by atoms with E-state index in [4.69, 9.17) is 0 Å². The van der Waals surface area contributed by atoms with Gasteiger partial charge in [0.2, 0.25) is 0 Å². The first-order chi connectivity index (χ1) is 7.29. The number of ketones is 1. The zero-order valence-corrected chi connectivity index (χ0v) is 9.74. The first kappa shape index (κ1) is 10.9. The highest BCUT2D eigenvalue weighted by molar-refractivity contribution is 5.79. The van der Waals surface area contributed by atoms with Crippen molar-refractivity contribution in [1.29, 1.82) is 0 Å². The zero-order valence-electron chi connectivity index (χ0n) is 9.74. The summed E-state index contributed by atoms with van der Waals surface area (Å²) in [6, 6.07) is 0. The van der Waals surface area contributed by atoms with Crippen LogP contribution in [-0.4, -0.2) is 5.78 Å². The predicted molar refractivity (Wildman–Crippen MR) is 62.6 cm³/mol. The molecule has 2 atom stereocenters. The van der Waals surface area contributed by atoms with Crippen molar-refractivity contribution in [2.24, 2.45) is 17.8 Å². The molecule has 0 aromatic heterocycles. The largest absolute Gasteiger partial charge is 0.300 e. The van der Waals surface area contributed by atoms with Gasteiger partial charge in [0, 0.05) is 12.8 Å². The number of rotatable bonds is 3. The Bertz CT molecular complexity index is 246. The van der Waals surface area contributed by atoms with E-state index in [1.807, 2.05) is 0 Å². The smallest absolute Gasteiger partial charge is 0.133 e. The lowest BCUT2D eigenvalue weighted by Crippen LogP contribution is -2.26. The van der Waals surface area contributed by atoms with E-state index < -0.39 is 0 Å². The van der Waals surface area contributed by atoms with Gasteiger partial charge in [-0.1, -0.05) is 25.5 Å². The van der Waals surface area contributed by atoms with E-state index in [9.17, 15) is 4.79 Å². The summed E-state index contributed by atoms with van der Waals surface area (Å²) in [7, 11) is 0. The first-order valence-electron chi connectivity index (χ1n) is 6.46. The van der Waals surface area contributed by atoms with Gasteiger partial charge in [-0.25, -0.2) is 0 Å². The van der Waals surface area contributed by atoms with Crippen molar-refractivity contribution in [1.82, 2.24) is 0 Å². The zero-order chi connectivity index (χ0) is 10.7. The molecule has 0 N–H and O–H groups in total. The second-order valence-electron chi connectivity index (χ2n) is 5.25. The van der Waals surface area contributed by atoms with E-state index in [2.05, 4.69) is 19.1 Å². The van der Waals surface area contributed by atoms with Crippen LogP contribution in [0.3, 0.4) is 0 Å². The van der Waals surface area contributed by atoms with Gasteiger partial charge < -0.3 is 0 Å². The molecule has 0 bridgehead atoms. The minimum Gasteiger partial charge on any atom is -0.300 e. The van der Waals surface area contributed by atoms with Crippen LogP contribution in [0.1, 0.15) is 51.9 Å². The minimum atomic E-state index is 0.510. The SMILES string of the molecule is CCC1CCC(=O)CC1CC1CC=CC1. The van der Waals surface area contributed by atoms with Gasteiger partial charge in [0.25, 0.3) is 0 Å². The summed E-state index contributed by atoms with van der Waals surface area (Å²) in [5.41, 5.74) is 0. The lowest BCUT2D eigenvalue weighted by Gasteiger charge is -2.31.